The molecule has 1 aromatic heterocycles. The van der Waals surface area contributed by atoms with Crippen LogP contribution in [0.5, 0.6) is 0 Å². The molecule has 0 bridgehead atoms. The number of hydrogen-bond donors (Lipinski definition) is 1. The molecule has 1 aliphatic rings. The van der Waals surface area contributed by atoms with E-state index in [0.29, 0.717) is 18.7 Å². The van der Waals surface area contributed by atoms with Gasteiger partial charge in [0, 0.05) is 31.4 Å². The Morgan fingerprint density at radius 3 is 2.82 bits per heavy atom. The van der Waals surface area contributed by atoms with Crippen LogP contribution in [0, 0.1) is 0 Å². The van der Waals surface area contributed by atoms with E-state index < -0.39 is 0 Å². The summed E-state index contributed by atoms with van der Waals surface area (Å²) in [6.45, 7) is 2.10. The monoisotopic (exact) mass is 253 g/mol. The number of thiazole rings is 1. The first-order chi connectivity index (χ1) is 8.27. The molecule has 2 amide bonds. The van der Waals surface area contributed by atoms with Crippen LogP contribution in [0.25, 0.3) is 0 Å². The van der Waals surface area contributed by atoms with Crippen LogP contribution in [0.15, 0.2) is 10.9 Å². The SMILES string of the molecule is O=C(NCCC(=O)N1CCCC1)c1cscn1. The maximum absolute atomic E-state index is 11.7. The van der Waals surface area contributed by atoms with E-state index in [9.17, 15) is 9.59 Å². The van der Waals surface area contributed by atoms with Gasteiger partial charge in [-0.1, -0.05) is 0 Å². The average molecular weight is 253 g/mol. The van der Waals surface area contributed by atoms with Gasteiger partial charge in [0.1, 0.15) is 5.69 Å². The molecule has 1 fully saturated rings. The number of nitrogens with zero attached hydrogens (tertiary/aromatic N) is 2. The van der Waals surface area contributed by atoms with Crippen molar-refractivity contribution in [3.8, 4) is 0 Å². The Morgan fingerprint density at radius 2 is 2.18 bits per heavy atom. The summed E-state index contributed by atoms with van der Waals surface area (Å²) in [5.74, 6) is -0.0819. The highest BCUT2D eigenvalue weighted by atomic mass is 32.1. The minimum absolute atomic E-state index is 0.126. The van der Waals surface area contributed by atoms with Gasteiger partial charge in [-0.05, 0) is 12.8 Å². The topological polar surface area (TPSA) is 62.3 Å². The third-order valence-electron chi connectivity index (χ3n) is 2.75. The zero-order valence-electron chi connectivity index (χ0n) is 9.52. The van der Waals surface area contributed by atoms with Gasteiger partial charge in [0.05, 0.1) is 5.51 Å². The number of aromatic nitrogens is 1. The van der Waals surface area contributed by atoms with Crippen LogP contribution in [0.2, 0.25) is 0 Å². The maximum Gasteiger partial charge on any atom is 0.270 e. The molecule has 1 saturated heterocycles. The molecule has 2 heterocycles. The summed E-state index contributed by atoms with van der Waals surface area (Å²) in [5, 5.41) is 4.39. The molecule has 1 aliphatic heterocycles. The van der Waals surface area contributed by atoms with Crippen molar-refractivity contribution in [2.75, 3.05) is 19.6 Å². The highest BCUT2D eigenvalue weighted by molar-refractivity contribution is 7.07. The van der Waals surface area contributed by atoms with Crippen molar-refractivity contribution in [1.29, 1.82) is 0 Å². The minimum Gasteiger partial charge on any atom is -0.350 e. The molecule has 1 N–H and O–H groups in total. The standard InChI is InChI=1S/C11H15N3O2S/c15-10(14-5-1-2-6-14)3-4-12-11(16)9-7-17-8-13-9/h7-8H,1-6H2,(H,12,16). The predicted octanol–water partition coefficient (Wildman–Crippen LogP) is 0.885. The number of hydrogen-bond acceptors (Lipinski definition) is 4. The molecule has 0 unspecified atom stereocenters. The van der Waals surface area contributed by atoms with Gasteiger partial charge in [-0.25, -0.2) is 4.98 Å². The second-order valence-electron chi connectivity index (χ2n) is 3.97. The van der Waals surface area contributed by atoms with E-state index in [-0.39, 0.29) is 11.8 Å². The van der Waals surface area contributed by atoms with Crippen molar-refractivity contribution in [3.05, 3.63) is 16.6 Å². The van der Waals surface area contributed by atoms with Crippen molar-refractivity contribution in [3.63, 3.8) is 0 Å². The van der Waals surface area contributed by atoms with Crippen molar-refractivity contribution in [2.45, 2.75) is 19.3 Å². The summed E-state index contributed by atoms with van der Waals surface area (Å²) < 4.78 is 0. The highest BCUT2D eigenvalue weighted by Gasteiger charge is 2.17. The molecule has 0 radical (unpaired) electrons. The van der Waals surface area contributed by atoms with E-state index in [1.54, 1.807) is 10.9 Å². The van der Waals surface area contributed by atoms with Crippen molar-refractivity contribution in [2.24, 2.45) is 0 Å². The average Bonchev–Trinajstić information content (AvgIpc) is 3.02. The quantitative estimate of drug-likeness (QED) is 0.866. The second kappa shape index (κ2) is 5.77. The predicted molar refractivity (Wildman–Crippen MR) is 64.9 cm³/mol. The lowest BCUT2D eigenvalue weighted by atomic mass is 10.3. The van der Waals surface area contributed by atoms with Gasteiger partial charge in [0.25, 0.3) is 5.91 Å². The van der Waals surface area contributed by atoms with Gasteiger partial charge in [0.15, 0.2) is 0 Å². The maximum atomic E-state index is 11.7. The lowest BCUT2D eigenvalue weighted by Crippen LogP contribution is -2.32. The molecule has 1 aromatic rings. The molecular weight excluding hydrogens is 238 g/mol. The largest absolute Gasteiger partial charge is 0.350 e. The number of rotatable bonds is 4. The van der Waals surface area contributed by atoms with E-state index in [2.05, 4.69) is 10.3 Å². The number of carbonyl (C=O) groups is 2. The smallest absolute Gasteiger partial charge is 0.270 e. The van der Waals surface area contributed by atoms with Crippen LogP contribution in [0.4, 0.5) is 0 Å². The second-order valence-corrected chi connectivity index (χ2v) is 4.69. The van der Waals surface area contributed by atoms with Gasteiger partial charge in [0.2, 0.25) is 5.91 Å². The van der Waals surface area contributed by atoms with Crippen LogP contribution in [0.3, 0.4) is 0 Å². The van der Waals surface area contributed by atoms with E-state index in [4.69, 9.17) is 0 Å². The van der Waals surface area contributed by atoms with Gasteiger partial charge in [-0.15, -0.1) is 11.3 Å². The molecule has 2 rings (SSSR count). The Bertz CT molecular complexity index is 385. The molecule has 0 saturated carbocycles. The van der Waals surface area contributed by atoms with Gasteiger partial charge < -0.3 is 10.2 Å². The van der Waals surface area contributed by atoms with E-state index in [1.807, 2.05) is 4.90 Å². The fraction of sp³-hybridized carbons (Fsp3) is 0.545. The zero-order chi connectivity index (χ0) is 12.1. The van der Waals surface area contributed by atoms with Crippen LogP contribution in [-0.4, -0.2) is 41.3 Å². The van der Waals surface area contributed by atoms with Crippen LogP contribution >= 0.6 is 11.3 Å². The molecule has 0 spiro atoms. The molecule has 17 heavy (non-hydrogen) atoms. The first-order valence-electron chi connectivity index (χ1n) is 5.71. The third kappa shape index (κ3) is 3.26. The van der Waals surface area contributed by atoms with Crippen LogP contribution in [0.1, 0.15) is 29.8 Å². The zero-order valence-corrected chi connectivity index (χ0v) is 10.3. The van der Waals surface area contributed by atoms with Crippen LogP contribution < -0.4 is 5.32 Å². The molecule has 6 heteroatoms. The lowest BCUT2D eigenvalue weighted by molar-refractivity contribution is -0.129. The summed E-state index contributed by atoms with van der Waals surface area (Å²) in [4.78, 5) is 28.9. The number of amides is 2. The third-order valence-corrected chi connectivity index (χ3v) is 3.33. The van der Waals surface area contributed by atoms with Crippen molar-refractivity contribution < 1.29 is 9.59 Å². The lowest BCUT2D eigenvalue weighted by Gasteiger charge is -2.14. The molecule has 92 valence electrons. The van der Waals surface area contributed by atoms with E-state index >= 15 is 0 Å². The first-order valence-corrected chi connectivity index (χ1v) is 6.66. The number of carbonyl (C=O) groups excluding carboxylic acids is 2. The Hall–Kier alpha value is -1.43. The normalized spacial score (nSPS) is 14.9. The van der Waals surface area contributed by atoms with Crippen molar-refractivity contribution in [1.82, 2.24) is 15.2 Å². The van der Waals surface area contributed by atoms with E-state index in [1.165, 1.54) is 11.3 Å². The molecule has 0 aromatic carbocycles. The molecular formula is C11H15N3O2S. The molecule has 0 aliphatic carbocycles. The highest BCUT2D eigenvalue weighted by Crippen LogP contribution is 2.08. The Labute approximate surface area is 104 Å². The summed E-state index contributed by atoms with van der Waals surface area (Å²) >= 11 is 1.38. The fourth-order valence-electron chi connectivity index (χ4n) is 1.82. The van der Waals surface area contributed by atoms with Gasteiger partial charge >= 0.3 is 0 Å². The van der Waals surface area contributed by atoms with Crippen LogP contribution in [-0.2, 0) is 4.79 Å². The molecule has 5 nitrogen and oxygen atoms in total. The summed E-state index contributed by atoms with van der Waals surface area (Å²) in [5.41, 5.74) is 2.04. The fourth-order valence-corrected chi connectivity index (χ4v) is 2.35. The van der Waals surface area contributed by atoms with Gasteiger partial charge in [-0.3, -0.25) is 9.59 Å². The first kappa shape index (κ1) is 12.0. The number of likely N-dealkylation sites (tertiary alicyclic amines) is 1. The summed E-state index contributed by atoms with van der Waals surface area (Å²) in [6, 6.07) is 0. The minimum atomic E-state index is -0.208. The summed E-state index contributed by atoms with van der Waals surface area (Å²) in [6.07, 6.45) is 2.56. The Balaban J connectivity index is 1.69. The van der Waals surface area contributed by atoms with Crippen molar-refractivity contribution >= 4 is 23.2 Å². The van der Waals surface area contributed by atoms with Gasteiger partial charge in [-0.2, -0.15) is 0 Å². The number of nitrogens with one attached hydrogen (secondary N) is 1. The summed E-state index contributed by atoms with van der Waals surface area (Å²) in [7, 11) is 0. The van der Waals surface area contributed by atoms with E-state index in [0.717, 1.165) is 25.9 Å². The Morgan fingerprint density at radius 1 is 1.41 bits per heavy atom. The Kier molecular flexibility index (Phi) is 4.08. The molecule has 0 atom stereocenters.